The molecule has 0 aromatic heterocycles. The highest BCUT2D eigenvalue weighted by atomic mass is 14.3. The van der Waals surface area contributed by atoms with E-state index in [9.17, 15) is 0 Å². The third-order valence-electron chi connectivity index (χ3n) is 9.92. The molecule has 0 spiro atoms. The normalized spacial score (nSPS) is 11.9. The van der Waals surface area contributed by atoms with Gasteiger partial charge in [-0.15, -0.1) is 0 Å². The first-order valence-electron chi connectivity index (χ1n) is 16.0. The summed E-state index contributed by atoms with van der Waals surface area (Å²) in [6.45, 7) is 0. The van der Waals surface area contributed by atoms with E-state index in [0.717, 1.165) is 0 Å². The lowest BCUT2D eigenvalue weighted by molar-refractivity contribution is 1.60. The van der Waals surface area contributed by atoms with Crippen molar-refractivity contribution in [3.05, 3.63) is 170 Å². The Bertz CT molecular complexity index is 2650. The van der Waals surface area contributed by atoms with Crippen LogP contribution >= 0.6 is 0 Å². The summed E-state index contributed by atoms with van der Waals surface area (Å²) >= 11 is 0. The molecule has 0 N–H and O–H groups in total. The standard InChI is InChI=1S/C46H28/c1-3-14-29(15-4-1)31-20-13-21-34(26-31)42-38-25-12-11-24-37(38)41(30-16-5-2-6-17-30)45-39-27-32-18-7-9-22-35(32)43-36-23-10-8-19-33(36)28-40(44(39)43)46(42)45/h1-28H. The van der Waals surface area contributed by atoms with Gasteiger partial charge >= 0.3 is 0 Å². The van der Waals surface area contributed by atoms with E-state index in [4.69, 9.17) is 0 Å². The fourth-order valence-electron chi connectivity index (χ4n) is 8.05. The first-order valence-corrected chi connectivity index (χ1v) is 16.0. The Labute approximate surface area is 267 Å². The highest BCUT2D eigenvalue weighted by Crippen LogP contribution is 2.59. The molecule has 0 heterocycles. The van der Waals surface area contributed by atoms with Crippen molar-refractivity contribution in [2.75, 3.05) is 0 Å². The molecule has 212 valence electrons. The Kier molecular flexibility index (Phi) is 5.38. The lowest BCUT2D eigenvalue weighted by Crippen LogP contribution is -1.94. The second-order valence-corrected chi connectivity index (χ2v) is 12.4. The molecule has 0 radical (unpaired) electrons. The Morgan fingerprint density at radius 1 is 0.239 bits per heavy atom. The minimum atomic E-state index is 1.23. The SMILES string of the molecule is c1ccc(-c2cccc(-c3c4c(c(-c5ccccc5)c5ccccc35)-c3cc5ccccc5c5c3c-4cc3ccccc35)c2)cc1. The predicted octanol–water partition coefficient (Wildman–Crippen LogP) is 12.9. The lowest BCUT2D eigenvalue weighted by Gasteiger charge is -2.21. The van der Waals surface area contributed by atoms with Crippen molar-refractivity contribution in [1.82, 2.24) is 0 Å². The van der Waals surface area contributed by atoms with Crippen LogP contribution in [0.4, 0.5) is 0 Å². The average Bonchev–Trinajstić information content (AvgIpc) is 3.44. The Hall–Kier alpha value is -5.98. The van der Waals surface area contributed by atoms with Crippen LogP contribution < -0.4 is 0 Å². The molecule has 0 heteroatoms. The number of hydrogen-bond donors (Lipinski definition) is 0. The third kappa shape index (κ3) is 3.56. The average molecular weight is 581 g/mol. The topological polar surface area (TPSA) is 0 Å². The Balaban J connectivity index is 1.45. The van der Waals surface area contributed by atoms with Gasteiger partial charge in [-0.3, -0.25) is 0 Å². The largest absolute Gasteiger partial charge is 0.0622 e. The van der Waals surface area contributed by atoms with Crippen LogP contribution in [-0.4, -0.2) is 0 Å². The van der Waals surface area contributed by atoms with Gasteiger partial charge in [0.1, 0.15) is 0 Å². The van der Waals surface area contributed by atoms with Gasteiger partial charge in [0.25, 0.3) is 0 Å². The number of benzene rings is 9. The van der Waals surface area contributed by atoms with Crippen LogP contribution in [-0.2, 0) is 0 Å². The molecule has 1 aliphatic carbocycles. The molecule has 1 aliphatic rings. The summed E-state index contributed by atoms with van der Waals surface area (Å²) in [4.78, 5) is 0. The molecule has 46 heavy (non-hydrogen) atoms. The van der Waals surface area contributed by atoms with E-state index in [-0.39, 0.29) is 0 Å². The maximum Gasteiger partial charge on any atom is -0.000718 e. The molecule has 0 saturated heterocycles. The molecule has 0 amide bonds. The van der Waals surface area contributed by atoms with Crippen LogP contribution in [0.2, 0.25) is 0 Å². The highest BCUT2D eigenvalue weighted by Gasteiger charge is 2.32. The second kappa shape index (κ2) is 9.76. The van der Waals surface area contributed by atoms with Crippen molar-refractivity contribution in [3.8, 4) is 55.6 Å². The summed E-state index contributed by atoms with van der Waals surface area (Å²) in [6, 6.07) is 62.6. The fraction of sp³-hybridized carbons (Fsp3) is 0. The molecular weight excluding hydrogens is 553 g/mol. The van der Waals surface area contributed by atoms with Gasteiger partial charge in [0.2, 0.25) is 0 Å². The molecule has 9 aromatic carbocycles. The zero-order valence-electron chi connectivity index (χ0n) is 25.2. The summed E-state index contributed by atoms with van der Waals surface area (Å²) < 4.78 is 0. The second-order valence-electron chi connectivity index (χ2n) is 12.4. The molecule has 0 unspecified atom stereocenters. The molecular formula is C46H28. The summed E-state index contributed by atoms with van der Waals surface area (Å²) in [7, 11) is 0. The molecule has 0 saturated carbocycles. The molecule has 0 bridgehead atoms. The quantitative estimate of drug-likeness (QED) is 0.182. The van der Waals surface area contributed by atoms with E-state index in [1.807, 2.05) is 0 Å². The summed E-state index contributed by atoms with van der Waals surface area (Å²) in [5.74, 6) is 0. The van der Waals surface area contributed by atoms with Crippen molar-refractivity contribution in [1.29, 1.82) is 0 Å². The van der Waals surface area contributed by atoms with Gasteiger partial charge in [0.15, 0.2) is 0 Å². The van der Waals surface area contributed by atoms with E-state index in [0.29, 0.717) is 0 Å². The zero-order chi connectivity index (χ0) is 30.2. The minimum Gasteiger partial charge on any atom is -0.0622 e. The molecule has 0 atom stereocenters. The summed E-state index contributed by atoms with van der Waals surface area (Å²) in [5, 5.41) is 10.5. The summed E-state index contributed by atoms with van der Waals surface area (Å²) in [5.41, 5.74) is 12.9. The number of hydrogen-bond acceptors (Lipinski definition) is 0. The van der Waals surface area contributed by atoms with E-state index in [1.54, 1.807) is 0 Å². The number of rotatable bonds is 3. The predicted molar refractivity (Wildman–Crippen MR) is 197 cm³/mol. The highest BCUT2D eigenvalue weighted by molar-refractivity contribution is 6.35. The van der Waals surface area contributed by atoms with Crippen molar-refractivity contribution in [2.45, 2.75) is 0 Å². The Morgan fingerprint density at radius 3 is 1.26 bits per heavy atom. The molecule has 9 aromatic rings. The van der Waals surface area contributed by atoms with Gasteiger partial charge in [-0.25, -0.2) is 0 Å². The van der Waals surface area contributed by atoms with E-state index in [1.165, 1.54) is 98.7 Å². The lowest BCUT2D eigenvalue weighted by atomic mass is 9.82. The zero-order valence-corrected chi connectivity index (χ0v) is 25.2. The fourth-order valence-corrected chi connectivity index (χ4v) is 8.05. The van der Waals surface area contributed by atoms with Crippen LogP contribution in [0.1, 0.15) is 0 Å². The van der Waals surface area contributed by atoms with Gasteiger partial charge in [0, 0.05) is 0 Å². The van der Waals surface area contributed by atoms with Gasteiger partial charge in [-0.1, -0.05) is 152 Å². The molecule has 10 rings (SSSR count). The van der Waals surface area contributed by atoms with Crippen LogP contribution in [0, 0.1) is 0 Å². The first kappa shape index (κ1) is 25.4. The smallest absolute Gasteiger partial charge is 0.000718 e. The molecule has 0 aliphatic heterocycles. The molecule has 0 nitrogen and oxygen atoms in total. The van der Waals surface area contributed by atoms with E-state index in [2.05, 4.69) is 170 Å². The van der Waals surface area contributed by atoms with Crippen molar-refractivity contribution in [3.63, 3.8) is 0 Å². The van der Waals surface area contributed by atoms with Gasteiger partial charge in [-0.05, 0) is 117 Å². The van der Waals surface area contributed by atoms with Gasteiger partial charge < -0.3 is 0 Å². The first-order chi connectivity index (χ1) is 22.8. The third-order valence-corrected chi connectivity index (χ3v) is 9.92. The number of fused-ring (bicyclic) bond motifs is 8. The monoisotopic (exact) mass is 580 g/mol. The van der Waals surface area contributed by atoms with Gasteiger partial charge in [-0.2, -0.15) is 0 Å². The van der Waals surface area contributed by atoms with E-state index >= 15 is 0 Å². The van der Waals surface area contributed by atoms with Crippen molar-refractivity contribution >= 4 is 43.1 Å². The van der Waals surface area contributed by atoms with E-state index < -0.39 is 0 Å². The Morgan fingerprint density at radius 2 is 0.674 bits per heavy atom. The van der Waals surface area contributed by atoms with Crippen LogP contribution in [0.15, 0.2) is 170 Å². The van der Waals surface area contributed by atoms with Crippen LogP contribution in [0.25, 0.3) is 98.7 Å². The van der Waals surface area contributed by atoms with Crippen LogP contribution in [0.5, 0.6) is 0 Å². The maximum atomic E-state index is 2.45. The van der Waals surface area contributed by atoms with Crippen molar-refractivity contribution in [2.24, 2.45) is 0 Å². The van der Waals surface area contributed by atoms with Crippen LogP contribution in [0.3, 0.4) is 0 Å². The van der Waals surface area contributed by atoms with Gasteiger partial charge in [0.05, 0.1) is 0 Å². The maximum absolute atomic E-state index is 2.45. The summed E-state index contributed by atoms with van der Waals surface area (Å²) in [6.07, 6.45) is 0. The molecule has 0 fully saturated rings. The minimum absolute atomic E-state index is 1.23. The van der Waals surface area contributed by atoms with Crippen molar-refractivity contribution < 1.29 is 0 Å².